The molecule has 0 amide bonds. The van der Waals surface area contributed by atoms with Crippen LogP contribution in [0.1, 0.15) is 6.42 Å². The van der Waals surface area contributed by atoms with Crippen molar-refractivity contribution in [1.29, 1.82) is 0 Å². The smallest absolute Gasteiger partial charge is 0.224 e. The summed E-state index contributed by atoms with van der Waals surface area (Å²) in [6, 6.07) is 2.20. The molecule has 5 nitrogen and oxygen atoms in total. The van der Waals surface area contributed by atoms with E-state index in [4.69, 9.17) is 5.73 Å². The maximum atomic E-state index is 5.83. The molecule has 1 aromatic rings. The van der Waals surface area contributed by atoms with Gasteiger partial charge in [-0.05, 0) is 12.5 Å². The molecule has 1 fully saturated rings. The van der Waals surface area contributed by atoms with Gasteiger partial charge >= 0.3 is 0 Å². The zero-order valence-corrected chi connectivity index (χ0v) is 8.27. The molecule has 5 heteroatoms. The van der Waals surface area contributed by atoms with Crippen LogP contribution in [-0.2, 0) is 0 Å². The molecule has 1 aliphatic rings. The number of nitrogens with two attached hydrogens (primary N) is 1. The lowest BCUT2D eigenvalue weighted by atomic mass is 10.3. The maximum absolute atomic E-state index is 5.83. The quantitative estimate of drug-likeness (QED) is 0.695. The highest BCUT2D eigenvalue weighted by atomic mass is 15.2. The summed E-state index contributed by atoms with van der Waals surface area (Å²) in [6.07, 6.45) is 2.80. The molecule has 0 saturated carbocycles. The molecule has 0 unspecified atom stereocenters. The van der Waals surface area contributed by atoms with Crippen LogP contribution in [0.4, 0.5) is 11.8 Å². The Hall–Kier alpha value is -1.36. The zero-order valence-electron chi connectivity index (χ0n) is 8.27. The summed E-state index contributed by atoms with van der Waals surface area (Å²) in [7, 11) is 1.81. The Morgan fingerprint density at radius 1 is 1.64 bits per heavy atom. The van der Waals surface area contributed by atoms with Gasteiger partial charge in [0.1, 0.15) is 5.82 Å². The van der Waals surface area contributed by atoms with Crippen molar-refractivity contribution in [2.75, 3.05) is 30.4 Å². The normalized spacial score (nSPS) is 21.3. The van der Waals surface area contributed by atoms with E-state index >= 15 is 0 Å². The number of hydrogen-bond donors (Lipinski definition) is 2. The van der Waals surface area contributed by atoms with E-state index in [1.165, 1.54) is 0 Å². The van der Waals surface area contributed by atoms with E-state index in [-0.39, 0.29) is 6.04 Å². The van der Waals surface area contributed by atoms with E-state index < -0.39 is 0 Å². The van der Waals surface area contributed by atoms with E-state index in [1.54, 1.807) is 6.20 Å². The van der Waals surface area contributed by atoms with E-state index in [0.29, 0.717) is 5.95 Å². The fourth-order valence-corrected chi connectivity index (χ4v) is 1.64. The minimum atomic E-state index is 0.281. The molecular formula is C9H15N5. The second-order valence-corrected chi connectivity index (χ2v) is 3.48. The van der Waals surface area contributed by atoms with Crippen molar-refractivity contribution in [1.82, 2.24) is 9.97 Å². The molecule has 1 atom stereocenters. The van der Waals surface area contributed by atoms with Gasteiger partial charge < -0.3 is 16.0 Å². The second-order valence-electron chi connectivity index (χ2n) is 3.48. The summed E-state index contributed by atoms with van der Waals surface area (Å²) >= 11 is 0. The Balaban J connectivity index is 2.15. The van der Waals surface area contributed by atoms with Gasteiger partial charge in [-0.15, -0.1) is 0 Å². The van der Waals surface area contributed by atoms with Crippen LogP contribution in [0.25, 0.3) is 0 Å². The molecule has 0 aromatic carbocycles. The number of aromatic nitrogens is 2. The van der Waals surface area contributed by atoms with E-state index in [2.05, 4.69) is 20.2 Å². The van der Waals surface area contributed by atoms with Crippen molar-refractivity contribution in [3.8, 4) is 0 Å². The first-order chi connectivity index (χ1) is 6.79. The van der Waals surface area contributed by atoms with Crippen LogP contribution >= 0.6 is 0 Å². The molecule has 1 aliphatic heterocycles. The standard InChI is InChI=1S/C9H15N5/c1-11-9-12-4-2-8(13-9)14-5-3-7(10)6-14/h2,4,7H,3,5-6,10H2,1H3,(H,11,12,13)/t7-/m0/s1. The Bertz CT molecular complexity index is 314. The summed E-state index contributed by atoms with van der Waals surface area (Å²) < 4.78 is 0. The number of nitrogens with zero attached hydrogens (tertiary/aromatic N) is 3. The van der Waals surface area contributed by atoms with Gasteiger partial charge in [-0.2, -0.15) is 4.98 Å². The molecule has 1 aromatic heterocycles. The Labute approximate surface area is 83.3 Å². The Morgan fingerprint density at radius 2 is 2.50 bits per heavy atom. The first kappa shape index (κ1) is 9.21. The second kappa shape index (κ2) is 3.79. The highest BCUT2D eigenvalue weighted by Crippen LogP contribution is 2.17. The summed E-state index contributed by atoms with van der Waals surface area (Å²) in [4.78, 5) is 10.6. The summed E-state index contributed by atoms with van der Waals surface area (Å²) in [6.45, 7) is 1.88. The predicted molar refractivity (Wildman–Crippen MR) is 56.4 cm³/mol. The Kier molecular flexibility index (Phi) is 2.49. The molecule has 0 radical (unpaired) electrons. The molecule has 2 rings (SSSR count). The monoisotopic (exact) mass is 193 g/mol. The van der Waals surface area contributed by atoms with Crippen LogP contribution in [0, 0.1) is 0 Å². The van der Waals surface area contributed by atoms with Gasteiger partial charge in [0.2, 0.25) is 5.95 Å². The molecular weight excluding hydrogens is 178 g/mol. The highest BCUT2D eigenvalue weighted by molar-refractivity contribution is 5.43. The highest BCUT2D eigenvalue weighted by Gasteiger charge is 2.20. The van der Waals surface area contributed by atoms with Crippen molar-refractivity contribution in [3.63, 3.8) is 0 Å². The van der Waals surface area contributed by atoms with Gasteiger partial charge in [-0.25, -0.2) is 4.98 Å². The third kappa shape index (κ3) is 1.77. The lowest BCUT2D eigenvalue weighted by Gasteiger charge is -2.16. The molecule has 1 saturated heterocycles. The van der Waals surface area contributed by atoms with Crippen molar-refractivity contribution in [2.45, 2.75) is 12.5 Å². The van der Waals surface area contributed by atoms with Gasteiger partial charge in [0.05, 0.1) is 0 Å². The van der Waals surface area contributed by atoms with Crippen LogP contribution in [0.5, 0.6) is 0 Å². The van der Waals surface area contributed by atoms with Crippen molar-refractivity contribution < 1.29 is 0 Å². The fraction of sp³-hybridized carbons (Fsp3) is 0.556. The first-order valence-corrected chi connectivity index (χ1v) is 4.81. The van der Waals surface area contributed by atoms with Gasteiger partial charge in [0, 0.05) is 32.4 Å². The van der Waals surface area contributed by atoms with Crippen LogP contribution in [-0.4, -0.2) is 36.1 Å². The summed E-state index contributed by atoms with van der Waals surface area (Å²) in [5.41, 5.74) is 5.83. The topological polar surface area (TPSA) is 67.1 Å². The van der Waals surface area contributed by atoms with Crippen LogP contribution in [0.15, 0.2) is 12.3 Å². The average Bonchev–Trinajstić information content (AvgIpc) is 2.65. The van der Waals surface area contributed by atoms with Crippen molar-refractivity contribution >= 4 is 11.8 Å². The third-order valence-electron chi connectivity index (χ3n) is 2.41. The predicted octanol–water partition coefficient (Wildman–Crippen LogP) is 0.0557. The van der Waals surface area contributed by atoms with E-state index in [1.807, 2.05) is 13.1 Å². The molecule has 0 spiro atoms. The number of rotatable bonds is 2. The minimum absolute atomic E-state index is 0.281. The molecule has 76 valence electrons. The fourth-order valence-electron chi connectivity index (χ4n) is 1.64. The van der Waals surface area contributed by atoms with Crippen molar-refractivity contribution in [2.24, 2.45) is 5.73 Å². The SMILES string of the molecule is CNc1nccc(N2CC[C@H](N)C2)n1. The van der Waals surface area contributed by atoms with Crippen molar-refractivity contribution in [3.05, 3.63) is 12.3 Å². The largest absolute Gasteiger partial charge is 0.357 e. The molecule has 0 bridgehead atoms. The van der Waals surface area contributed by atoms with Crippen LogP contribution < -0.4 is 16.0 Å². The lowest BCUT2D eigenvalue weighted by Crippen LogP contribution is -2.27. The zero-order chi connectivity index (χ0) is 9.97. The number of hydrogen-bond acceptors (Lipinski definition) is 5. The van der Waals surface area contributed by atoms with Crippen LogP contribution in [0.2, 0.25) is 0 Å². The number of nitrogens with one attached hydrogen (secondary N) is 1. The summed E-state index contributed by atoms with van der Waals surface area (Å²) in [5.74, 6) is 1.61. The summed E-state index contributed by atoms with van der Waals surface area (Å²) in [5, 5.41) is 2.92. The van der Waals surface area contributed by atoms with Crippen LogP contribution in [0.3, 0.4) is 0 Å². The van der Waals surface area contributed by atoms with E-state index in [9.17, 15) is 0 Å². The number of anilines is 2. The van der Waals surface area contributed by atoms with Gasteiger partial charge in [-0.1, -0.05) is 0 Å². The first-order valence-electron chi connectivity index (χ1n) is 4.81. The van der Waals surface area contributed by atoms with Gasteiger partial charge in [-0.3, -0.25) is 0 Å². The lowest BCUT2D eigenvalue weighted by molar-refractivity contribution is 0.751. The Morgan fingerprint density at radius 3 is 3.14 bits per heavy atom. The molecule has 14 heavy (non-hydrogen) atoms. The maximum Gasteiger partial charge on any atom is 0.224 e. The van der Waals surface area contributed by atoms with Gasteiger partial charge in [0.15, 0.2) is 0 Å². The molecule has 3 N–H and O–H groups in total. The third-order valence-corrected chi connectivity index (χ3v) is 2.41. The van der Waals surface area contributed by atoms with Gasteiger partial charge in [0.25, 0.3) is 0 Å². The molecule has 0 aliphatic carbocycles. The minimum Gasteiger partial charge on any atom is -0.357 e. The average molecular weight is 193 g/mol. The molecule has 2 heterocycles. The van der Waals surface area contributed by atoms with E-state index in [0.717, 1.165) is 25.3 Å².